The monoisotopic (exact) mass is 322 g/mol. The van der Waals surface area contributed by atoms with Gasteiger partial charge in [0.2, 0.25) is 0 Å². The van der Waals surface area contributed by atoms with Crippen molar-refractivity contribution in [1.29, 1.82) is 0 Å². The smallest absolute Gasteiger partial charge is 0.165 e. The minimum atomic E-state index is 0.691. The molecule has 3 aromatic heterocycles. The van der Waals surface area contributed by atoms with Crippen LogP contribution < -0.4 is 4.74 Å². The van der Waals surface area contributed by atoms with Crippen LogP contribution in [0.25, 0.3) is 22.9 Å². The number of methoxy groups -OCH3 is 1. The van der Waals surface area contributed by atoms with Gasteiger partial charge in [-0.25, -0.2) is 14.6 Å². The summed E-state index contributed by atoms with van der Waals surface area (Å²) < 4.78 is 8.92. The summed E-state index contributed by atoms with van der Waals surface area (Å²) >= 11 is 0. The van der Waals surface area contributed by atoms with E-state index >= 15 is 0 Å². The Balaban J connectivity index is 1.88. The van der Waals surface area contributed by atoms with E-state index < -0.39 is 0 Å². The Morgan fingerprint density at radius 3 is 2.71 bits per heavy atom. The number of aromatic amines is 1. The van der Waals surface area contributed by atoms with Crippen molar-refractivity contribution in [2.75, 3.05) is 7.11 Å². The SMILES string of the molecule is COc1cc(-n2cnnn2)cc(-n2ccnc2-c2nc[nH]c2C)c1. The number of hydrogen-bond donors (Lipinski definition) is 1. The predicted octanol–water partition coefficient (Wildman–Crippen LogP) is 1.56. The van der Waals surface area contributed by atoms with E-state index in [4.69, 9.17) is 4.74 Å². The molecule has 0 spiro atoms. The molecule has 0 unspecified atom stereocenters. The van der Waals surface area contributed by atoms with Crippen molar-refractivity contribution in [2.24, 2.45) is 0 Å². The summed E-state index contributed by atoms with van der Waals surface area (Å²) in [6.45, 7) is 1.96. The van der Waals surface area contributed by atoms with E-state index in [1.54, 1.807) is 24.3 Å². The topological polar surface area (TPSA) is 99.3 Å². The molecular formula is C15H14N8O. The molecule has 1 N–H and O–H groups in total. The van der Waals surface area contributed by atoms with Gasteiger partial charge in [-0.1, -0.05) is 0 Å². The Morgan fingerprint density at radius 2 is 2.00 bits per heavy atom. The van der Waals surface area contributed by atoms with Crippen LogP contribution in [-0.2, 0) is 0 Å². The van der Waals surface area contributed by atoms with Crippen molar-refractivity contribution in [1.82, 2.24) is 39.7 Å². The van der Waals surface area contributed by atoms with Crippen LogP contribution >= 0.6 is 0 Å². The van der Waals surface area contributed by atoms with Gasteiger partial charge in [0.1, 0.15) is 17.8 Å². The lowest BCUT2D eigenvalue weighted by Crippen LogP contribution is -2.02. The van der Waals surface area contributed by atoms with Gasteiger partial charge in [-0.15, -0.1) is 5.10 Å². The maximum atomic E-state index is 5.41. The molecule has 9 heteroatoms. The molecule has 3 heterocycles. The van der Waals surface area contributed by atoms with E-state index in [2.05, 4.69) is 30.5 Å². The summed E-state index contributed by atoms with van der Waals surface area (Å²) in [4.78, 5) is 11.9. The molecule has 0 aliphatic carbocycles. The third-order valence-corrected chi connectivity index (χ3v) is 3.69. The number of aromatic nitrogens is 8. The lowest BCUT2D eigenvalue weighted by molar-refractivity contribution is 0.414. The van der Waals surface area contributed by atoms with Gasteiger partial charge in [-0.3, -0.25) is 4.57 Å². The molecule has 24 heavy (non-hydrogen) atoms. The molecule has 0 radical (unpaired) electrons. The number of H-pyrrole nitrogens is 1. The highest BCUT2D eigenvalue weighted by Crippen LogP contribution is 2.26. The lowest BCUT2D eigenvalue weighted by atomic mass is 10.2. The summed E-state index contributed by atoms with van der Waals surface area (Å²) in [5.41, 5.74) is 3.40. The number of rotatable bonds is 4. The second-order valence-corrected chi connectivity index (χ2v) is 5.14. The first-order valence-electron chi connectivity index (χ1n) is 7.23. The molecule has 0 atom stereocenters. The molecule has 0 fully saturated rings. The zero-order valence-electron chi connectivity index (χ0n) is 13.1. The molecule has 0 aliphatic heterocycles. The fraction of sp³-hybridized carbons (Fsp3) is 0.133. The first-order valence-corrected chi connectivity index (χ1v) is 7.23. The van der Waals surface area contributed by atoms with Gasteiger partial charge in [0.15, 0.2) is 5.82 Å². The van der Waals surface area contributed by atoms with E-state index in [9.17, 15) is 0 Å². The molecule has 4 aromatic rings. The van der Waals surface area contributed by atoms with Gasteiger partial charge >= 0.3 is 0 Å². The number of aryl methyl sites for hydroxylation is 1. The first-order chi connectivity index (χ1) is 11.8. The predicted molar refractivity (Wildman–Crippen MR) is 85.1 cm³/mol. The summed E-state index contributed by atoms with van der Waals surface area (Å²) in [5.74, 6) is 1.43. The molecule has 0 saturated carbocycles. The van der Waals surface area contributed by atoms with Crippen molar-refractivity contribution in [2.45, 2.75) is 6.92 Å². The molecule has 0 bridgehead atoms. The minimum Gasteiger partial charge on any atom is -0.497 e. The Morgan fingerprint density at radius 1 is 1.12 bits per heavy atom. The molecule has 0 saturated heterocycles. The zero-order valence-corrected chi connectivity index (χ0v) is 13.1. The van der Waals surface area contributed by atoms with Crippen LogP contribution in [0, 0.1) is 6.92 Å². The van der Waals surface area contributed by atoms with Crippen molar-refractivity contribution in [3.05, 3.63) is 48.9 Å². The van der Waals surface area contributed by atoms with Gasteiger partial charge in [-0.05, 0) is 23.4 Å². The number of hydrogen-bond acceptors (Lipinski definition) is 6. The number of tetrazole rings is 1. The highest BCUT2D eigenvalue weighted by atomic mass is 16.5. The maximum Gasteiger partial charge on any atom is 0.165 e. The van der Waals surface area contributed by atoms with Crippen molar-refractivity contribution in [3.63, 3.8) is 0 Å². The molecule has 1 aromatic carbocycles. The van der Waals surface area contributed by atoms with Gasteiger partial charge in [0.05, 0.1) is 24.8 Å². The highest BCUT2D eigenvalue weighted by molar-refractivity contribution is 5.59. The zero-order chi connectivity index (χ0) is 16.5. The Labute approximate surface area is 136 Å². The average Bonchev–Trinajstić information content (AvgIpc) is 3.35. The van der Waals surface area contributed by atoms with Crippen molar-refractivity contribution < 1.29 is 4.74 Å². The molecule has 4 rings (SSSR count). The standard InChI is InChI=1S/C15H14N8O/c1-10-14(18-8-17-10)15-16-3-4-22(15)11-5-12(7-13(6-11)24-2)23-9-19-20-21-23/h3-9H,1-2H3,(H,17,18). The normalized spacial score (nSPS) is 10.9. The summed E-state index contributed by atoms with van der Waals surface area (Å²) in [6.07, 6.45) is 6.80. The number of imidazole rings is 2. The van der Waals surface area contributed by atoms with Crippen LogP contribution in [-0.4, -0.2) is 46.8 Å². The Bertz CT molecular complexity index is 969. The van der Waals surface area contributed by atoms with Crippen molar-refractivity contribution in [3.8, 4) is 28.6 Å². The summed E-state index contributed by atoms with van der Waals surface area (Å²) in [6, 6.07) is 5.73. The van der Waals surface area contributed by atoms with Gasteiger partial charge in [0.25, 0.3) is 0 Å². The van der Waals surface area contributed by atoms with E-state index in [0.717, 1.165) is 28.6 Å². The van der Waals surface area contributed by atoms with Crippen molar-refractivity contribution >= 4 is 0 Å². The van der Waals surface area contributed by atoms with Gasteiger partial charge in [-0.2, -0.15) is 0 Å². The molecule has 9 nitrogen and oxygen atoms in total. The number of nitrogens with zero attached hydrogens (tertiary/aromatic N) is 7. The summed E-state index contributed by atoms with van der Waals surface area (Å²) in [7, 11) is 1.62. The fourth-order valence-electron chi connectivity index (χ4n) is 2.51. The van der Waals surface area contributed by atoms with E-state index in [-0.39, 0.29) is 0 Å². The largest absolute Gasteiger partial charge is 0.497 e. The third kappa shape index (κ3) is 2.32. The third-order valence-electron chi connectivity index (χ3n) is 3.69. The van der Waals surface area contributed by atoms with Crippen LogP contribution in [0.1, 0.15) is 5.69 Å². The molecule has 0 aliphatic rings. The van der Waals surface area contributed by atoms with Gasteiger partial charge < -0.3 is 9.72 Å². The van der Waals surface area contributed by atoms with Crippen LogP contribution in [0.4, 0.5) is 0 Å². The van der Waals surface area contributed by atoms with Gasteiger partial charge in [0, 0.05) is 30.2 Å². The number of ether oxygens (including phenoxy) is 1. The molecular weight excluding hydrogens is 308 g/mol. The Kier molecular flexibility index (Phi) is 3.30. The number of benzene rings is 1. The fourth-order valence-corrected chi connectivity index (χ4v) is 2.51. The number of nitrogens with one attached hydrogen (secondary N) is 1. The first kappa shape index (κ1) is 14.1. The summed E-state index contributed by atoms with van der Waals surface area (Å²) in [5, 5.41) is 11.3. The average molecular weight is 322 g/mol. The van der Waals surface area contributed by atoms with E-state index in [1.165, 1.54) is 6.33 Å². The highest BCUT2D eigenvalue weighted by Gasteiger charge is 2.14. The van der Waals surface area contributed by atoms with Crippen LogP contribution in [0.5, 0.6) is 5.75 Å². The van der Waals surface area contributed by atoms with E-state index in [0.29, 0.717) is 5.75 Å². The lowest BCUT2D eigenvalue weighted by Gasteiger charge is -2.11. The van der Waals surface area contributed by atoms with Crippen LogP contribution in [0.15, 0.2) is 43.2 Å². The van der Waals surface area contributed by atoms with Crippen LogP contribution in [0.2, 0.25) is 0 Å². The second kappa shape index (κ2) is 5.61. The Hall–Kier alpha value is -3.49. The quantitative estimate of drug-likeness (QED) is 0.612. The van der Waals surface area contributed by atoms with E-state index in [1.807, 2.05) is 35.9 Å². The minimum absolute atomic E-state index is 0.691. The maximum absolute atomic E-state index is 5.41. The van der Waals surface area contributed by atoms with Crippen LogP contribution in [0.3, 0.4) is 0 Å². The molecule has 0 amide bonds. The second-order valence-electron chi connectivity index (χ2n) is 5.14. The molecule has 120 valence electrons.